The summed E-state index contributed by atoms with van der Waals surface area (Å²) in [6, 6.07) is -0.574. The highest BCUT2D eigenvalue weighted by atomic mass is 32.1. The van der Waals surface area contributed by atoms with E-state index in [-0.39, 0.29) is 0 Å². The van der Waals surface area contributed by atoms with Crippen molar-refractivity contribution in [2.75, 3.05) is 32.1 Å². The highest BCUT2D eigenvalue weighted by Crippen LogP contribution is 2.30. The molecule has 6 nitrogen and oxygen atoms in total. The van der Waals surface area contributed by atoms with E-state index < -0.39 is 12.0 Å². The fourth-order valence-corrected chi connectivity index (χ4v) is 3.34. The lowest BCUT2D eigenvalue weighted by molar-refractivity contribution is -0.138. The van der Waals surface area contributed by atoms with Gasteiger partial charge in [0.15, 0.2) is 5.13 Å². The van der Waals surface area contributed by atoms with Gasteiger partial charge in [-0.25, -0.2) is 4.98 Å². The van der Waals surface area contributed by atoms with Gasteiger partial charge in [0.1, 0.15) is 6.04 Å². The lowest BCUT2D eigenvalue weighted by Crippen LogP contribution is -2.37. The van der Waals surface area contributed by atoms with Crippen molar-refractivity contribution in [3.63, 3.8) is 0 Å². The van der Waals surface area contributed by atoms with E-state index >= 15 is 0 Å². The summed E-state index contributed by atoms with van der Waals surface area (Å²) in [7, 11) is 4.12. The summed E-state index contributed by atoms with van der Waals surface area (Å²) in [5.41, 5.74) is 6.03. The predicted octanol–water partition coefficient (Wildman–Crippen LogP) is 0.758. The summed E-state index contributed by atoms with van der Waals surface area (Å²) >= 11 is 1.48. The fraction of sp³-hybridized carbons (Fsp3) is 0.667. The van der Waals surface area contributed by atoms with Crippen molar-refractivity contribution in [3.8, 4) is 0 Å². The predicted molar refractivity (Wildman–Crippen MR) is 75.6 cm³/mol. The summed E-state index contributed by atoms with van der Waals surface area (Å²) in [5.74, 6) is -1.04. The second-order valence-electron chi connectivity index (χ2n) is 5.12. The second-order valence-corrected chi connectivity index (χ2v) is 5.96. The molecule has 1 aromatic heterocycles. The molecule has 7 heteroatoms. The van der Waals surface area contributed by atoms with Gasteiger partial charge in [-0.2, -0.15) is 0 Å². The molecule has 0 aliphatic carbocycles. The van der Waals surface area contributed by atoms with Crippen LogP contribution < -0.4 is 10.6 Å². The number of carboxylic acid groups (broad SMARTS) is 1. The molecule has 2 heterocycles. The van der Waals surface area contributed by atoms with Gasteiger partial charge in [-0.05, 0) is 26.9 Å². The monoisotopic (exact) mass is 284 g/mol. The Morgan fingerprint density at radius 2 is 2.47 bits per heavy atom. The Hall–Kier alpha value is -1.18. The molecule has 2 unspecified atom stereocenters. The minimum atomic E-state index is -1.04. The smallest absolute Gasteiger partial charge is 0.326 e. The fourth-order valence-electron chi connectivity index (χ4n) is 2.38. The first-order valence-corrected chi connectivity index (χ1v) is 7.22. The van der Waals surface area contributed by atoms with Crippen LogP contribution in [0.5, 0.6) is 0 Å². The van der Waals surface area contributed by atoms with Crippen LogP contribution >= 0.6 is 11.3 Å². The number of thiazole rings is 1. The summed E-state index contributed by atoms with van der Waals surface area (Å²) in [5, 5.41) is 11.5. The zero-order valence-electron chi connectivity index (χ0n) is 11.2. The average molecular weight is 284 g/mol. The third-order valence-electron chi connectivity index (χ3n) is 3.29. The number of nitrogens with two attached hydrogens (primary N) is 1. The minimum Gasteiger partial charge on any atom is -0.480 e. The van der Waals surface area contributed by atoms with Crippen molar-refractivity contribution in [1.29, 1.82) is 0 Å². The Morgan fingerprint density at radius 3 is 3.11 bits per heavy atom. The molecule has 1 fully saturated rings. The van der Waals surface area contributed by atoms with Gasteiger partial charge in [0.25, 0.3) is 0 Å². The molecule has 2 rings (SSSR count). The van der Waals surface area contributed by atoms with Crippen LogP contribution in [-0.2, 0) is 4.79 Å². The lowest BCUT2D eigenvalue weighted by atomic mass is 10.2. The maximum Gasteiger partial charge on any atom is 0.326 e. The Kier molecular flexibility index (Phi) is 4.38. The van der Waals surface area contributed by atoms with Gasteiger partial charge < -0.3 is 20.6 Å². The van der Waals surface area contributed by atoms with Crippen molar-refractivity contribution < 1.29 is 9.90 Å². The van der Waals surface area contributed by atoms with E-state index in [1.54, 1.807) is 5.38 Å². The molecule has 0 amide bonds. The summed E-state index contributed by atoms with van der Waals surface area (Å²) in [6.07, 6.45) is 2.30. The highest BCUT2D eigenvalue weighted by molar-refractivity contribution is 7.13. The molecular weight excluding hydrogens is 264 g/mol. The third-order valence-corrected chi connectivity index (χ3v) is 4.19. The molecule has 1 saturated heterocycles. The van der Waals surface area contributed by atoms with Gasteiger partial charge in [0.05, 0.1) is 5.69 Å². The van der Waals surface area contributed by atoms with E-state index in [2.05, 4.69) is 28.9 Å². The van der Waals surface area contributed by atoms with Crippen LogP contribution in [0.2, 0.25) is 0 Å². The molecule has 1 aliphatic rings. The molecular formula is C12H20N4O2S. The van der Waals surface area contributed by atoms with E-state index in [4.69, 9.17) is 10.8 Å². The maximum atomic E-state index is 10.9. The van der Waals surface area contributed by atoms with Gasteiger partial charge in [-0.15, -0.1) is 11.3 Å². The van der Waals surface area contributed by atoms with E-state index in [9.17, 15) is 4.79 Å². The minimum absolute atomic E-state index is 0.447. The quantitative estimate of drug-likeness (QED) is 0.830. The van der Waals surface area contributed by atoms with Crippen LogP contribution in [0, 0.1) is 0 Å². The lowest BCUT2D eigenvalue weighted by Gasteiger charge is -2.26. The van der Waals surface area contributed by atoms with E-state index in [1.807, 2.05) is 0 Å². The van der Waals surface area contributed by atoms with E-state index in [1.165, 1.54) is 11.3 Å². The highest BCUT2D eigenvalue weighted by Gasteiger charge is 2.28. The molecule has 0 saturated carbocycles. The molecule has 0 radical (unpaired) electrons. The number of hydrogen-bond donors (Lipinski definition) is 2. The number of hydrogen-bond acceptors (Lipinski definition) is 6. The Balaban J connectivity index is 2.11. The van der Waals surface area contributed by atoms with Gasteiger partial charge in [0.2, 0.25) is 0 Å². The second kappa shape index (κ2) is 5.85. The van der Waals surface area contributed by atoms with Gasteiger partial charge in [-0.1, -0.05) is 0 Å². The van der Waals surface area contributed by atoms with Crippen molar-refractivity contribution in [1.82, 2.24) is 9.88 Å². The first kappa shape index (κ1) is 14.2. The Labute approximate surface area is 116 Å². The van der Waals surface area contributed by atoms with Crippen LogP contribution in [0.15, 0.2) is 5.38 Å². The number of carbonyl (C=O) groups is 1. The van der Waals surface area contributed by atoms with Crippen molar-refractivity contribution in [2.45, 2.75) is 24.9 Å². The topological polar surface area (TPSA) is 82.7 Å². The van der Waals surface area contributed by atoms with Gasteiger partial charge in [-0.3, -0.25) is 4.79 Å². The molecule has 1 aliphatic heterocycles. The van der Waals surface area contributed by atoms with E-state index in [0.717, 1.165) is 31.1 Å². The van der Waals surface area contributed by atoms with Crippen LogP contribution in [0.4, 0.5) is 5.13 Å². The number of nitrogens with zero attached hydrogens (tertiary/aromatic N) is 3. The number of rotatable bonds is 5. The number of likely N-dealkylation sites (N-methyl/N-ethyl adjacent to an activating group) is 1. The normalized spacial score (nSPS) is 21.1. The van der Waals surface area contributed by atoms with Crippen LogP contribution in [-0.4, -0.2) is 54.2 Å². The maximum absolute atomic E-state index is 10.9. The Morgan fingerprint density at radius 1 is 1.74 bits per heavy atom. The average Bonchev–Trinajstić information content (AvgIpc) is 2.94. The van der Waals surface area contributed by atoms with Crippen LogP contribution in [0.25, 0.3) is 0 Å². The number of carboxylic acids is 1. The SMILES string of the molecule is CN(C)CC1CCCN1c1nc(C(N)C(=O)O)cs1. The zero-order valence-corrected chi connectivity index (χ0v) is 12.1. The zero-order chi connectivity index (χ0) is 14.0. The van der Waals surface area contributed by atoms with Crippen molar-refractivity contribution in [2.24, 2.45) is 5.73 Å². The first-order valence-electron chi connectivity index (χ1n) is 6.34. The summed E-state index contributed by atoms with van der Waals surface area (Å²) < 4.78 is 0. The number of anilines is 1. The molecule has 106 valence electrons. The molecule has 2 atom stereocenters. The van der Waals surface area contributed by atoms with E-state index in [0.29, 0.717) is 11.7 Å². The number of aliphatic carboxylic acids is 1. The Bertz CT molecular complexity index is 449. The summed E-state index contributed by atoms with van der Waals surface area (Å²) in [6.45, 7) is 1.97. The summed E-state index contributed by atoms with van der Waals surface area (Å²) in [4.78, 5) is 19.7. The molecule has 3 N–H and O–H groups in total. The number of aromatic nitrogens is 1. The van der Waals surface area contributed by atoms with Crippen LogP contribution in [0.1, 0.15) is 24.6 Å². The van der Waals surface area contributed by atoms with Crippen LogP contribution in [0.3, 0.4) is 0 Å². The standard InChI is InChI=1S/C12H20N4O2S/c1-15(2)6-8-4-3-5-16(8)12-14-9(7-19-12)10(13)11(17)18/h7-8,10H,3-6,13H2,1-2H3,(H,17,18). The molecule has 19 heavy (non-hydrogen) atoms. The third kappa shape index (κ3) is 3.23. The van der Waals surface area contributed by atoms with Gasteiger partial charge >= 0.3 is 5.97 Å². The van der Waals surface area contributed by atoms with Gasteiger partial charge in [0, 0.05) is 24.5 Å². The molecule has 0 bridgehead atoms. The molecule has 1 aromatic rings. The largest absolute Gasteiger partial charge is 0.480 e. The van der Waals surface area contributed by atoms with Crippen molar-refractivity contribution in [3.05, 3.63) is 11.1 Å². The molecule has 0 aromatic carbocycles. The first-order chi connectivity index (χ1) is 8.99. The van der Waals surface area contributed by atoms with Crippen molar-refractivity contribution >= 4 is 22.4 Å². The molecule has 0 spiro atoms.